The second-order valence-corrected chi connectivity index (χ2v) is 9.15. The second kappa shape index (κ2) is 8.71. The molecule has 0 radical (unpaired) electrons. The molecule has 1 aliphatic heterocycles. The van der Waals surface area contributed by atoms with Gasteiger partial charge in [0.25, 0.3) is 5.91 Å². The van der Waals surface area contributed by atoms with Gasteiger partial charge >= 0.3 is 11.8 Å². The molecule has 1 aliphatic carbocycles. The van der Waals surface area contributed by atoms with Crippen LogP contribution in [0.5, 0.6) is 0 Å². The summed E-state index contributed by atoms with van der Waals surface area (Å²) in [5.41, 5.74) is 6.06. The van der Waals surface area contributed by atoms with E-state index < -0.39 is 23.9 Å². The lowest BCUT2D eigenvalue weighted by molar-refractivity contribution is -0.138. The van der Waals surface area contributed by atoms with Crippen LogP contribution in [0.3, 0.4) is 0 Å². The highest BCUT2D eigenvalue weighted by molar-refractivity contribution is 7.13. The molecular weight excluding hydrogens is 422 g/mol. The summed E-state index contributed by atoms with van der Waals surface area (Å²) in [6.07, 6.45) is 2.48. The summed E-state index contributed by atoms with van der Waals surface area (Å²) in [6, 6.07) is -0.879. The van der Waals surface area contributed by atoms with E-state index in [1.807, 2.05) is 7.05 Å². The van der Waals surface area contributed by atoms with Crippen LogP contribution in [0, 0.1) is 6.92 Å². The first-order chi connectivity index (χ1) is 14.8. The Morgan fingerprint density at radius 2 is 2.00 bits per heavy atom. The largest absolute Gasteiger partial charge is 0.425 e. The number of likely N-dealkylation sites (N-methyl/N-ethyl adjacent to an activating group) is 1. The summed E-state index contributed by atoms with van der Waals surface area (Å²) in [5, 5.41) is 14.0. The van der Waals surface area contributed by atoms with Crippen molar-refractivity contribution in [2.24, 2.45) is 5.73 Å². The van der Waals surface area contributed by atoms with Crippen molar-refractivity contribution in [1.82, 2.24) is 30.7 Å². The molecule has 0 unspecified atom stereocenters. The standard InChI is InChI=1S/C19H25N7O4S/c1-9-24-25-18(30-9)10-3-4-11(21-16(28)15(20)27)13(7-10)22-17(29)19-23-12-5-6-26(2)8-14(12)31-19/h10-11,13H,3-8H2,1-2H3,(H2,20,27)(H,21,28)(H,22,29)/t10-,11-,13+/m0/s1. The molecule has 2 aromatic rings. The lowest BCUT2D eigenvalue weighted by Gasteiger charge is -2.35. The SMILES string of the molecule is Cc1nnc([C@H]2CC[C@H](NC(=O)C(N)=O)[C@H](NC(=O)c3nc4c(s3)CN(C)CC4)C2)o1. The predicted molar refractivity (Wildman–Crippen MR) is 110 cm³/mol. The molecule has 12 heteroatoms. The Bertz CT molecular complexity index is 1000. The molecule has 1 fully saturated rings. The summed E-state index contributed by atoms with van der Waals surface area (Å²) in [7, 11) is 2.04. The number of fused-ring (bicyclic) bond motifs is 1. The van der Waals surface area contributed by atoms with Crippen molar-refractivity contribution >= 4 is 29.1 Å². The smallest absolute Gasteiger partial charge is 0.309 e. The minimum Gasteiger partial charge on any atom is -0.425 e. The second-order valence-electron chi connectivity index (χ2n) is 8.07. The van der Waals surface area contributed by atoms with Gasteiger partial charge in [-0.05, 0) is 26.3 Å². The Balaban J connectivity index is 1.51. The van der Waals surface area contributed by atoms with Gasteiger partial charge in [0.15, 0.2) is 5.01 Å². The molecule has 0 bridgehead atoms. The molecular formula is C19H25N7O4S. The van der Waals surface area contributed by atoms with E-state index in [-0.39, 0.29) is 11.8 Å². The molecule has 166 valence electrons. The van der Waals surface area contributed by atoms with E-state index in [0.717, 1.165) is 30.1 Å². The fourth-order valence-electron chi connectivity index (χ4n) is 4.09. The molecule has 0 aromatic carbocycles. The molecule has 1 saturated carbocycles. The van der Waals surface area contributed by atoms with Crippen LogP contribution in [-0.4, -0.2) is 63.5 Å². The average Bonchev–Trinajstić information content (AvgIpc) is 3.35. The number of aromatic nitrogens is 3. The normalized spacial score (nSPS) is 23.7. The van der Waals surface area contributed by atoms with E-state index in [9.17, 15) is 14.4 Å². The summed E-state index contributed by atoms with van der Waals surface area (Å²) in [5.74, 6) is -1.32. The highest BCUT2D eigenvalue weighted by Gasteiger charge is 2.36. The molecule has 0 saturated heterocycles. The van der Waals surface area contributed by atoms with Crippen LogP contribution >= 0.6 is 11.3 Å². The van der Waals surface area contributed by atoms with Crippen LogP contribution in [0.1, 0.15) is 57.3 Å². The Labute approximate surface area is 182 Å². The Morgan fingerprint density at radius 1 is 1.19 bits per heavy atom. The van der Waals surface area contributed by atoms with Crippen LogP contribution in [0.4, 0.5) is 0 Å². The molecule has 3 heterocycles. The molecule has 0 spiro atoms. The van der Waals surface area contributed by atoms with Crippen LogP contribution in [0.15, 0.2) is 4.42 Å². The van der Waals surface area contributed by atoms with E-state index in [2.05, 4.69) is 30.7 Å². The van der Waals surface area contributed by atoms with Gasteiger partial charge < -0.3 is 25.7 Å². The molecule has 31 heavy (non-hydrogen) atoms. The van der Waals surface area contributed by atoms with Gasteiger partial charge in [0.05, 0.1) is 11.7 Å². The third-order valence-corrected chi connectivity index (χ3v) is 6.80. The first kappa shape index (κ1) is 21.4. The quantitative estimate of drug-likeness (QED) is 0.547. The maximum absolute atomic E-state index is 13.0. The van der Waals surface area contributed by atoms with Gasteiger partial charge in [0.1, 0.15) is 0 Å². The van der Waals surface area contributed by atoms with Crippen molar-refractivity contribution in [1.29, 1.82) is 0 Å². The predicted octanol–water partition coefficient (Wildman–Crippen LogP) is -0.141. The Morgan fingerprint density at radius 3 is 2.71 bits per heavy atom. The van der Waals surface area contributed by atoms with Gasteiger partial charge in [-0.2, -0.15) is 0 Å². The molecule has 3 atom stereocenters. The first-order valence-corrected chi connectivity index (χ1v) is 11.0. The number of primary amides is 1. The summed E-state index contributed by atoms with van der Waals surface area (Å²) in [6.45, 7) is 3.41. The number of nitrogens with one attached hydrogen (secondary N) is 2. The van der Waals surface area contributed by atoms with Crippen molar-refractivity contribution in [3.8, 4) is 0 Å². The Hall–Kier alpha value is -2.86. The lowest BCUT2D eigenvalue weighted by Crippen LogP contribution is -2.56. The first-order valence-electron chi connectivity index (χ1n) is 10.2. The van der Waals surface area contributed by atoms with Crippen molar-refractivity contribution in [3.05, 3.63) is 27.4 Å². The average molecular weight is 448 g/mol. The highest BCUT2D eigenvalue weighted by Crippen LogP contribution is 2.33. The number of rotatable bonds is 4. The van der Waals surface area contributed by atoms with E-state index >= 15 is 0 Å². The molecule has 2 aromatic heterocycles. The number of amides is 3. The number of thiazole rings is 1. The fourth-order valence-corrected chi connectivity index (χ4v) is 5.19. The molecule has 11 nitrogen and oxygen atoms in total. The van der Waals surface area contributed by atoms with Crippen molar-refractivity contribution < 1.29 is 18.8 Å². The van der Waals surface area contributed by atoms with Crippen LogP contribution < -0.4 is 16.4 Å². The van der Waals surface area contributed by atoms with Crippen LogP contribution in [0.2, 0.25) is 0 Å². The highest BCUT2D eigenvalue weighted by atomic mass is 32.1. The molecule has 4 N–H and O–H groups in total. The van der Waals surface area contributed by atoms with E-state index in [4.69, 9.17) is 10.2 Å². The van der Waals surface area contributed by atoms with Gasteiger partial charge in [-0.1, -0.05) is 0 Å². The van der Waals surface area contributed by atoms with Crippen molar-refractivity contribution in [2.45, 2.75) is 57.2 Å². The van der Waals surface area contributed by atoms with Crippen LogP contribution in [0.25, 0.3) is 0 Å². The van der Waals surface area contributed by atoms with Crippen molar-refractivity contribution in [3.63, 3.8) is 0 Å². The number of aryl methyl sites for hydroxylation is 1. The maximum Gasteiger partial charge on any atom is 0.309 e. The van der Waals surface area contributed by atoms with Gasteiger partial charge in [0, 0.05) is 43.3 Å². The maximum atomic E-state index is 13.0. The molecule has 3 amide bonds. The monoisotopic (exact) mass is 447 g/mol. The lowest BCUT2D eigenvalue weighted by atomic mass is 9.82. The minimum absolute atomic E-state index is 0.0635. The number of carbonyl (C=O) groups is 3. The van der Waals surface area contributed by atoms with Gasteiger partial charge in [0.2, 0.25) is 11.8 Å². The van der Waals surface area contributed by atoms with E-state index in [0.29, 0.717) is 36.1 Å². The Kier molecular flexibility index (Phi) is 6.01. The number of hydrogen-bond acceptors (Lipinski definition) is 9. The van der Waals surface area contributed by atoms with Crippen LogP contribution in [-0.2, 0) is 22.6 Å². The summed E-state index contributed by atoms with van der Waals surface area (Å²) in [4.78, 5) is 43.9. The summed E-state index contributed by atoms with van der Waals surface area (Å²) >= 11 is 1.39. The zero-order valence-corrected chi connectivity index (χ0v) is 18.2. The van der Waals surface area contributed by atoms with E-state index in [1.54, 1.807) is 6.92 Å². The van der Waals surface area contributed by atoms with E-state index in [1.165, 1.54) is 11.3 Å². The number of hydrogen-bond donors (Lipinski definition) is 3. The third-order valence-electron chi connectivity index (χ3n) is 5.71. The fraction of sp³-hybridized carbons (Fsp3) is 0.579. The van der Waals surface area contributed by atoms with Crippen molar-refractivity contribution in [2.75, 3.05) is 13.6 Å². The number of carbonyl (C=O) groups excluding carboxylic acids is 3. The molecule has 4 rings (SSSR count). The van der Waals surface area contributed by atoms with Gasteiger partial charge in [-0.25, -0.2) is 4.98 Å². The number of nitrogens with zero attached hydrogens (tertiary/aromatic N) is 4. The zero-order chi connectivity index (χ0) is 22.1. The van der Waals surface area contributed by atoms with Gasteiger partial charge in [-0.15, -0.1) is 21.5 Å². The van der Waals surface area contributed by atoms with Gasteiger partial charge in [-0.3, -0.25) is 14.4 Å². The zero-order valence-electron chi connectivity index (χ0n) is 17.4. The molecule has 2 aliphatic rings. The number of nitrogens with two attached hydrogens (primary N) is 1. The summed E-state index contributed by atoms with van der Waals surface area (Å²) < 4.78 is 5.57. The topological polar surface area (TPSA) is 156 Å². The minimum atomic E-state index is -1.06. The third kappa shape index (κ3) is 4.74.